The summed E-state index contributed by atoms with van der Waals surface area (Å²) in [6, 6.07) is 8.85. The van der Waals surface area contributed by atoms with Gasteiger partial charge in [-0.15, -0.1) is 0 Å². The van der Waals surface area contributed by atoms with Crippen molar-refractivity contribution in [2.24, 2.45) is 17.8 Å². The van der Waals surface area contributed by atoms with Crippen molar-refractivity contribution in [1.29, 1.82) is 5.26 Å². The first-order valence-electron chi connectivity index (χ1n) is 13.1. The van der Waals surface area contributed by atoms with Crippen molar-refractivity contribution < 1.29 is 18.4 Å². The number of benzene rings is 1. The third-order valence-corrected chi connectivity index (χ3v) is 8.22. The standard InChI is InChI=1S/C28H32F2N6O2/c1-17-25(18(2)33-16-32-17)27(38)36-14-22-12-35(13-23(22)15-36)7-6-24(20-5-3-4-19(8-20)11-31)34-26(37)21-9-28(29,30)10-21/h3-5,8,16,21-24H,6-7,9-10,12-15H2,1-2H3,(H,34,37)/t22-,23?,24?/m0/s1. The van der Waals surface area contributed by atoms with E-state index in [-0.39, 0.29) is 17.9 Å². The molecule has 38 heavy (non-hydrogen) atoms. The van der Waals surface area contributed by atoms with E-state index in [1.54, 1.807) is 18.2 Å². The number of nitrogens with zero attached hydrogens (tertiary/aromatic N) is 5. The van der Waals surface area contributed by atoms with Crippen molar-refractivity contribution >= 4 is 11.8 Å². The Balaban J connectivity index is 1.19. The van der Waals surface area contributed by atoms with Crippen LogP contribution in [-0.4, -0.2) is 70.2 Å². The molecule has 1 saturated carbocycles. The fraction of sp³-hybridized carbons (Fsp3) is 0.536. The Labute approximate surface area is 221 Å². The van der Waals surface area contributed by atoms with E-state index in [9.17, 15) is 23.6 Å². The molecule has 2 aromatic rings. The number of rotatable bonds is 7. The normalized spacial score (nSPS) is 23.4. The minimum absolute atomic E-state index is 0.0109. The average Bonchev–Trinajstić information content (AvgIpc) is 3.44. The van der Waals surface area contributed by atoms with Crippen molar-refractivity contribution in [3.05, 3.63) is 58.7 Å². The van der Waals surface area contributed by atoms with E-state index < -0.39 is 24.7 Å². The molecule has 0 spiro atoms. The Morgan fingerprint density at radius 1 is 1.13 bits per heavy atom. The molecule has 1 aromatic heterocycles. The largest absolute Gasteiger partial charge is 0.349 e. The molecule has 0 radical (unpaired) electrons. The van der Waals surface area contributed by atoms with E-state index >= 15 is 0 Å². The summed E-state index contributed by atoms with van der Waals surface area (Å²) >= 11 is 0. The predicted octanol–water partition coefficient (Wildman–Crippen LogP) is 3.26. The van der Waals surface area contributed by atoms with E-state index in [1.165, 1.54) is 6.33 Å². The molecule has 1 N–H and O–H groups in total. The second-order valence-corrected chi connectivity index (χ2v) is 11.0. The third kappa shape index (κ3) is 5.39. The van der Waals surface area contributed by atoms with Crippen LogP contribution >= 0.6 is 0 Å². The molecule has 3 fully saturated rings. The van der Waals surface area contributed by atoms with Crippen molar-refractivity contribution in [2.75, 3.05) is 32.7 Å². The number of halogens is 2. The smallest absolute Gasteiger partial charge is 0.257 e. The van der Waals surface area contributed by atoms with Gasteiger partial charge in [-0.25, -0.2) is 18.7 Å². The number of fused-ring (bicyclic) bond motifs is 1. The van der Waals surface area contributed by atoms with Gasteiger partial charge in [0.25, 0.3) is 5.91 Å². The molecule has 200 valence electrons. The first kappa shape index (κ1) is 26.2. The van der Waals surface area contributed by atoms with Gasteiger partial charge in [0, 0.05) is 51.5 Å². The van der Waals surface area contributed by atoms with E-state index in [2.05, 4.69) is 26.3 Å². The molecule has 0 bridgehead atoms. The SMILES string of the molecule is Cc1ncnc(C)c1C(=O)N1CC2CN(CCC(NC(=O)C3CC(F)(F)C3)c3cccc(C#N)c3)C[C@H]2C1. The minimum Gasteiger partial charge on any atom is -0.349 e. The Morgan fingerprint density at radius 3 is 2.39 bits per heavy atom. The molecule has 2 aliphatic heterocycles. The van der Waals surface area contributed by atoms with Gasteiger partial charge in [-0.1, -0.05) is 12.1 Å². The number of aryl methyl sites for hydroxylation is 2. The molecule has 1 aliphatic carbocycles. The van der Waals surface area contributed by atoms with Gasteiger partial charge in [0.05, 0.1) is 34.6 Å². The zero-order chi connectivity index (χ0) is 27.0. The summed E-state index contributed by atoms with van der Waals surface area (Å²) in [5.74, 6) is -3.06. The minimum atomic E-state index is -2.76. The summed E-state index contributed by atoms with van der Waals surface area (Å²) in [7, 11) is 0. The van der Waals surface area contributed by atoms with Crippen molar-refractivity contribution in [3.63, 3.8) is 0 Å². The number of carbonyl (C=O) groups is 2. The lowest BCUT2D eigenvalue weighted by Crippen LogP contribution is -2.46. The van der Waals surface area contributed by atoms with Crippen LogP contribution in [0.15, 0.2) is 30.6 Å². The lowest BCUT2D eigenvalue weighted by atomic mass is 9.80. The quantitative estimate of drug-likeness (QED) is 0.599. The van der Waals surface area contributed by atoms with Crippen molar-refractivity contribution in [3.8, 4) is 6.07 Å². The van der Waals surface area contributed by atoms with Crippen LogP contribution in [0.4, 0.5) is 8.78 Å². The number of likely N-dealkylation sites (tertiary alicyclic amines) is 2. The first-order chi connectivity index (χ1) is 18.1. The van der Waals surface area contributed by atoms with Crippen LogP contribution < -0.4 is 5.32 Å². The fourth-order valence-electron chi connectivity index (χ4n) is 6.09. The molecule has 8 nitrogen and oxygen atoms in total. The zero-order valence-electron chi connectivity index (χ0n) is 21.7. The van der Waals surface area contributed by atoms with Gasteiger partial charge < -0.3 is 15.1 Å². The Hall–Kier alpha value is -3.45. The van der Waals surface area contributed by atoms with Gasteiger partial charge in [-0.3, -0.25) is 9.59 Å². The number of hydrogen-bond donors (Lipinski definition) is 1. The number of amides is 2. The maximum atomic E-state index is 13.3. The van der Waals surface area contributed by atoms with Crippen LogP contribution in [-0.2, 0) is 4.79 Å². The molecule has 3 aliphatic rings. The van der Waals surface area contributed by atoms with Gasteiger partial charge >= 0.3 is 0 Å². The van der Waals surface area contributed by atoms with Crippen LogP contribution in [0.5, 0.6) is 0 Å². The summed E-state index contributed by atoms with van der Waals surface area (Å²) in [5, 5.41) is 12.3. The summed E-state index contributed by atoms with van der Waals surface area (Å²) in [6.45, 7) is 7.46. The van der Waals surface area contributed by atoms with Crippen LogP contribution in [0.2, 0.25) is 0 Å². The van der Waals surface area contributed by atoms with Gasteiger partial charge in [0.1, 0.15) is 6.33 Å². The molecule has 10 heteroatoms. The Bertz CT molecular complexity index is 1240. The molecule has 5 rings (SSSR count). The lowest BCUT2D eigenvalue weighted by Gasteiger charge is -2.35. The molecule has 1 aromatic carbocycles. The Morgan fingerprint density at radius 2 is 1.79 bits per heavy atom. The van der Waals surface area contributed by atoms with Crippen LogP contribution in [0.3, 0.4) is 0 Å². The van der Waals surface area contributed by atoms with Crippen LogP contribution in [0, 0.1) is 42.9 Å². The number of aromatic nitrogens is 2. The number of carbonyl (C=O) groups excluding carboxylic acids is 2. The predicted molar refractivity (Wildman–Crippen MR) is 135 cm³/mol. The average molecular weight is 523 g/mol. The van der Waals surface area contributed by atoms with Gasteiger partial charge in [0.15, 0.2) is 0 Å². The van der Waals surface area contributed by atoms with Crippen molar-refractivity contribution in [2.45, 2.75) is 45.1 Å². The molecule has 3 atom stereocenters. The maximum absolute atomic E-state index is 13.3. The highest BCUT2D eigenvalue weighted by atomic mass is 19.3. The summed E-state index contributed by atoms with van der Waals surface area (Å²) in [5.41, 5.74) is 3.27. The number of alkyl halides is 2. The number of hydrogen-bond acceptors (Lipinski definition) is 6. The van der Waals surface area contributed by atoms with Gasteiger partial charge in [-0.2, -0.15) is 5.26 Å². The van der Waals surface area contributed by atoms with Crippen LogP contribution in [0.1, 0.15) is 58.2 Å². The maximum Gasteiger partial charge on any atom is 0.257 e. The number of nitriles is 1. The van der Waals surface area contributed by atoms with Gasteiger partial charge in [-0.05, 0) is 49.8 Å². The molecular weight excluding hydrogens is 490 g/mol. The molecule has 2 unspecified atom stereocenters. The zero-order valence-corrected chi connectivity index (χ0v) is 21.7. The fourth-order valence-corrected chi connectivity index (χ4v) is 6.09. The van der Waals surface area contributed by atoms with E-state index in [0.29, 0.717) is 60.4 Å². The Kier molecular flexibility index (Phi) is 7.14. The van der Waals surface area contributed by atoms with E-state index in [4.69, 9.17) is 0 Å². The number of nitrogens with one attached hydrogen (secondary N) is 1. The lowest BCUT2D eigenvalue weighted by molar-refractivity contribution is -0.150. The second-order valence-electron chi connectivity index (χ2n) is 11.0. The van der Waals surface area contributed by atoms with Crippen LogP contribution in [0.25, 0.3) is 0 Å². The molecule has 2 amide bonds. The highest BCUT2D eigenvalue weighted by Gasteiger charge is 2.49. The first-order valence-corrected chi connectivity index (χ1v) is 13.1. The van der Waals surface area contributed by atoms with Crippen molar-refractivity contribution in [1.82, 2.24) is 25.1 Å². The summed E-state index contributed by atoms with van der Waals surface area (Å²) < 4.78 is 26.7. The third-order valence-electron chi connectivity index (χ3n) is 8.22. The molecule has 3 heterocycles. The van der Waals surface area contributed by atoms with E-state index in [0.717, 1.165) is 18.7 Å². The topological polar surface area (TPSA) is 102 Å². The molecular formula is C28H32F2N6O2. The summed E-state index contributed by atoms with van der Waals surface area (Å²) in [4.78, 5) is 38.5. The second kappa shape index (κ2) is 10.4. The monoisotopic (exact) mass is 522 g/mol. The summed E-state index contributed by atoms with van der Waals surface area (Å²) in [6.07, 6.45) is 1.25. The van der Waals surface area contributed by atoms with Gasteiger partial charge in [0.2, 0.25) is 11.8 Å². The molecule has 2 saturated heterocycles. The highest BCUT2D eigenvalue weighted by Crippen LogP contribution is 2.42. The van der Waals surface area contributed by atoms with E-state index in [1.807, 2.05) is 24.8 Å². The highest BCUT2D eigenvalue weighted by molar-refractivity contribution is 5.96.